The maximum absolute atomic E-state index is 10.0. The lowest BCUT2D eigenvalue weighted by atomic mass is 10.3. The quantitative estimate of drug-likeness (QED) is 0.441. The first kappa shape index (κ1) is 10.6. The van der Waals surface area contributed by atoms with Crippen LogP contribution in [0.25, 0.3) is 0 Å². The Kier molecular flexibility index (Phi) is 4.97. The van der Waals surface area contributed by atoms with Gasteiger partial charge in [-0.25, -0.2) is 0 Å². The fourth-order valence-corrected chi connectivity index (χ4v) is 1.47. The van der Waals surface area contributed by atoms with Gasteiger partial charge in [0.1, 0.15) is 6.29 Å². The minimum Gasteiger partial charge on any atom is -0.309 e. The van der Waals surface area contributed by atoms with E-state index in [-0.39, 0.29) is 0 Å². The summed E-state index contributed by atoms with van der Waals surface area (Å²) in [5.41, 5.74) is 0. The van der Waals surface area contributed by atoms with Crippen molar-refractivity contribution in [2.75, 3.05) is 52.9 Å². The first-order valence-corrected chi connectivity index (χ1v) is 4.88. The molecule has 1 saturated heterocycles. The molecule has 0 spiro atoms. The van der Waals surface area contributed by atoms with Crippen molar-refractivity contribution in [1.82, 2.24) is 15.1 Å². The van der Waals surface area contributed by atoms with Crippen molar-refractivity contribution in [2.45, 2.75) is 0 Å². The highest BCUT2D eigenvalue weighted by Crippen LogP contribution is 1.97. The third-order valence-electron chi connectivity index (χ3n) is 2.43. The number of likely N-dealkylation sites (N-methyl/N-ethyl adjacent to an activating group) is 1. The molecule has 0 aromatic heterocycles. The molecule has 1 heterocycles. The van der Waals surface area contributed by atoms with Crippen LogP contribution >= 0.6 is 0 Å². The zero-order valence-corrected chi connectivity index (χ0v) is 8.33. The standard InChI is InChI=1S/C9H19N3O/c1-11-5-7-12(8-6-11)4-2-10-3-9-13/h9-10H,2-8H2,1H3. The second kappa shape index (κ2) is 6.07. The van der Waals surface area contributed by atoms with Gasteiger partial charge in [0.05, 0.1) is 6.54 Å². The number of piperazine rings is 1. The van der Waals surface area contributed by atoms with Crippen LogP contribution in [0.15, 0.2) is 0 Å². The second-order valence-electron chi connectivity index (χ2n) is 3.52. The van der Waals surface area contributed by atoms with E-state index in [9.17, 15) is 4.79 Å². The fourth-order valence-electron chi connectivity index (χ4n) is 1.47. The van der Waals surface area contributed by atoms with E-state index in [1.165, 1.54) is 0 Å². The van der Waals surface area contributed by atoms with Crippen molar-refractivity contribution in [1.29, 1.82) is 0 Å². The van der Waals surface area contributed by atoms with Gasteiger partial charge < -0.3 is 15.0 Å². The van der Waals surface area contributed by atoms with Gasteiger partial charge in [-0.3, -0.25) is 4.90 Å². The summed E-state index contributed by atoms with van der Waals surface area (Å²) >= 11 is 0. The monoisotopic (exact) mass is 185 g/mol. The fraction of sp³-hybridized carbons (Fsp3) is 0.889. The summed E-state index contributed by atoms with van der Waals surface area (Å²) in [5.74, 6) is 0. The molecule has 0 atom stereocenters. The summed E-state index contributed by atoms with van der Waals surface area (Å²) in [4.78, 5) is 14.8. The van der Waals surface area contributed by atoms with Crippen LogP contribution < -0.4 is 5.32 Å². The second-order valence-corrected chi connectivity index (χ2v) is 3.52. The van der Waals surface area contributed by atoms with E-state index in [4.69, 9.17) is 0 Å². The van der Waals surface area contributed by atoms with Crippen LogP contribution in [0.5, 0.6) is 0 Å². The third-order valence-corrected chi connectivity index (χ3v) is 2.43. The van der Waals surface area contributed by atoms with Crippen LogP contribution in [0.1, 0.15) is 0 Å². The molecule has 0 aromatic carbocycles. The number of aldehydes is 1. The highest BCUT2D eigenvalue weighted by atomic mass is 16.1. The van der Waals surface area contributed by atoms with Gasteiger partial charge in [0.2, 0.25) is 0 Å². The minimum atomic E-state index is 0.480. The van der Waals surface area contributed by atoms with Gasteiger partial charge in [0, 0.05) is 39.3 Å². The van der Waals surface area contributed by atoms with Crippen LogP contribution in [0, 0.1) is 0 Å². The maximum atomic E-state index is 10.0. The van der Waals surface area contributed by atoms with Crippen molar-refractivity contribution in [3.05, 3.63) is 0 Å². The average molecular weight is 185 g/mol. The van der Waals surface area contributed by atoms with Crippen molar-refractivity contribution in [3.63, 3.8) is 0 Å². The third kappa shape index (κ3) is 4.36. The maximum Gasteiger partial charge on any atom is 0.133 e. The molecule has 0 saturated carbocycles. The van der Waals surface area contributed by atoms with Gasteiger partial charge in [0.15, 0.2) is 0 Å². The highest BCUT2D eigenvalue weighted by Gasteiger charge is 2.12. The number of nitrogens with one attached hydrogen (secondary N) is 1. The minimum absolute atomic E-state index is 0.480. The Morgan fingerprint density at radius 3 is 2.62 bits per heavy atom. The molecule has 0 amide bonds. The van der Waals surface area contributed by atoms with E-state index in [1.54, 1.807) is 0 Å². The van der Waals surface area contributed by atoms with Gasteiger partial charge in [-0.15, -0.1) is 0 Å². The summed E-state index contributed by atoms with van der Waals surface area (Å²) < 4.78 is 0. The molecule has 0 aromatic rings. The smallest absolute Gasteiger partial charge is 0.133 e. The summed E-state index contributed by atoms with van der Waals surface area (Å²) in [6.45, 7) is 7.08. The Balaban J connectivity index is 1.99. The van der Waals surface area contributed by atoms with E-state index >= 15 is 0 Å². The van der Waals surface area contributed by atoms with E-state index in [2.05, 4.69) is 22.2 Å². The van der Waals surface area contributed by atoms with Gasteiger partial charge in [0.25, 0.3) is 0 Å². The van der Waals surface area contributed by atoms with Gasteiger partial charge in [-0.05, 0) is 7.05 Å². The van der Waals surface area contributed by atoms with E-state index < -0.39 is 0 Å². The number of nitrogens with zero attached hydrogens (tertiary/aromatic N) is 2. The molecule has 0 unspecified atom stereocenters. The zero-order valence-electron chi connectivity index (χ0n) is 8.33. The van der Waals surface area contributed by atoms with Crippen LogP contribution in [-0.2, 0) is 4.79 Å². The van der Waals surface area contributed by atoms with Crippen LogP contribution in [0.4, 0.5) is 0 Å². The molecule has 0 bridgehead atoms. The Morgan fingerprint density at radius 2 is 2.00 bits per heavy atom. The molecule has 76 valence electrons. The molecule has 13 heavy (non-hydrogen) atoms. The Bertz CT molecular complexity index is 144. The molecular weight excluding hydrogens is 166 g/mol. The van der Waals surface area contributed by atoms with Gasteiger partial charge in [-0.2, -0.15) is 0 Å². The molecule has 1 fully saturated rings. The Labute approximate surface area is 79.9 Å². The zero-order chi connectivity index (χ0) is 9.52. The normalized spacial score (nSPS) is 20.4. The van der Waals surface area contributed by atoms with Crippen LogP contribution in [-0.4, -0.2) is 68.9 Å². The number of carbonyl (C=O) groups excluding carboxylic acids is 1. The lowest BCUT2D eigenvalue weighted by molar-refractivity contribution is -0.107. The molecule has 0 aliphatic carbocycles. The summed E-state index contributed by atoms with van der Waals surface area (Å²) in [6.07, 6.45) is 0.907. The molecule has 1 rings (SSSR count). The number of hydrogen-bond acceptors (Lipinski definition) is 4. The number of carbonyl (C=O) groups is 1. The molecule has 1 N–H and O–H groups in total. The summed E-state index contributed by atoms with van der Waals surface area (Å²) in [5, 5.41) is 3.07. The van der Waals surface area contributed by atoms with Gasteiger partial charge >= 0.3 is 0 Å². The van der Waals surface area contributed by atoms with E-state index in [1.807, 2.05) is 0 Å². The first-order valence-electron chi connectivity index (χ1n) is 4.88. The number of hydrogen-bond donors (Lipinski definition) is 1. The van der Waals surface area contributed by atoms with Crippen molar-refractivity contribution in [3.8, 4) is 0 Å². The molecule has 1 aliphatic heterocycles. The highest BCUT2D eigenvalue weighted by molar-refractivity contribution is 5.51. The first-order chi connectivity index (χ1) is 6.33. The predicted molar refractivity (Wildman–Crippen MR) is 52.9 cm³/mol. The van der Waals surface area contributed by atoms with Gasteiger partial charge in [-0.1, -0.05) is 0 Å². The predicted octanol–water partition coefficient (Wildman–Crippen LogP) is -0.978. The molecule has 4 nitrogen and oxygen atoms in total. The molecule has 4 heteroatoms. The lowest BCUT2D eigenvalue weighted by Crippen LogP contribution is -2.46. The SMILES string of the molecule is CN1CCN(CCNCC=O)CC1. The van der Waals surface area contributed by atoms with Crippen molar-refractivity contribution < 1.29 is 4.79 Å². The van der Waals surface area contributed by atoms with Crippen molar-refractivity contribution >= 4 is 6.29 Å². The largest absolute Gasteiger partial charge is 0.309 e. The number of rotatable bonds is 5. The van der Waals surface area contributed by atoms with Crippen LogP contribution in [0.2, 0.25) is 0 Å². The van der Waals surface area contributed by atoms with Crippen LogP contribution in [0.3, 0.4) is 0 Å². The Hall–Kier alpha value is -0.450. The lowest BCUT2D eigenvalue weighted by Gasteiger charge is -2.32. The average Bonchev–Trinajstić information content (AvgIpc) is 2.15. The molecular formula is C9H19N3O. The van der Waals surface area contributed by atoms with E-state index in [0.29, 0.717) is 6.54 Å². The Morgan fingerprint density at radius 1 is 1.31 bits per heavy atom. The summed E-state index contributed by atoms with van der Waals surface area (Å²) in [7, 11) is 2.15. The molecule has 0 radical (unpaired) electrons. The molecule has 1 aliphatic rings. The van der Waals surface area contributed by atoms with E-state index in [0.717, 1.165) is 45.6 Å². The van der Waals surface area contributed by atoms with Crippen molar-refractivity contribution in [2.24, 2.45) is 0 Å². The summed E-state index contributed by atoms with van der Waals surface area (Å²) in [6, 6.07) is 0. The topological polar surface area (TPSA) is 35.6 Å².